The van der Waals surface area contributed by atoms with Crippen LogP contribution < -0.4 is 4.74 Å². The lowest BCUT2D eigenvalue weighted by Gasteiger charge is -2.14. The summed E-state index contributed by atoms with van der Waals surface area (Å²) in [4.78, 5) is 23.6. The van der Waals surface area contributed by atoms with Crippen LogP contribution in [0.4, 0.5) is 0 Å². The Morgan fingerprint density at radius 1 is 1.27 bits per heavy atom. The molecule has 0 amide bonds. The minimum absolute atomic E-state index is 0.00148. The number of aromatic hydroxyl groups is 1. The summed E-state index contributed by atoms with van der Waals surface area (Å²) in [5.74, 6) is -0.791. The summed E-state index contributed by atoms with van der Waals surface area (Å²) in [7, 11) is 1.23. The first-order chi connectivity index (χ1) is 10.6. The molecule has 0 radical (unpaired) electrons. The summed E-state index contributed by atoms with van der Waals surface area (Å²) < 4.78 is 15.9. The molecule has 0 spiro atoms. The Hall–Kier alpha value is -2.76. The molecule has 1 fully saturated rings. The second kappa shape index (κ2) is 4.37. The van der Waals surface area contributed by atoms with Crippen molar-refractivity contribution in [3.8, 4) is 11.5 Å². The minimum atomic E-state index is -0.688. The number of carbonyl (C=O) groups excluding carboxylic acids is 2. The van der Waals surface area contributed by atoms with Crippen LogP contribution in [-0.4, -0.2) is 30.3 Å². The fraction of sp³-hybridized carbons (Fsp3) is 0.250. The average Bonchev–Trinajstić information content (AvgIpc) is 3.04. The average molecular weight is 300 g/mol. The number of methoxy groups -OCH3 is 1. The molecule has 0 aliphatic carbocycles. The van der Waals surface area contributed by atoms with Crippen molar-refractivity contribution in [3.05, 3.63) is 35.4 Å². The Morgan fingerprint density at radius 2 is 2.00 bits per heavy atom. The fourth-order valence-corrected chi connectivity index (χ4v) is 3.15. The monoisotopic (exact) mass is 300 g/mol. The van der Waals surface area contributed by atoms with Gasteiger partial charge in [0.1, 0.15) is 17.1 Å². The molecule has 22 heavy (non-hydrogen) atoms. The number of fused-ring (bicyclic) bond motifs is 5. The smallest absolute Gasteiger partial charge is 0.342 e. The van der Waals surface area contributed by atoms with E-state index >= 15 is 0 Å². The quantitative estimate of drug-likeness (QED) is 0.812. The maximum atomic E-state index is 12.1. The van der Waals surface area contributed by atoms with Crippen molar-refractivity contribution in [1.82, 2.24) is 0 Å². The van der Waals surface area contributed by atoms with Crippen molar-refractivity contribution in [3.63, 3.8) is 0 Å². The molecule has 1 N–H and O–H groups in total. The number of ether oxygens (including phenoxy) is 3. The number of hydrogen-bond acceptors (Lipinski definition) is 6. The molecule has 6 nitrogen and oxygen atoms in total. The summed E-state index contributed by atoms with van der Waals surface area (Å²) in [5.41, 5.74) is 0.386. The highest BCUT2D eigenvalue weighted by Gasteiger charge is 2.48. The third-order valence-electron chi connectivity index (χ3n) is 4.08. The van der Waals surface area contributed by atoms with Crippen LogP contribution in [0.1, 0.15) is 28.4 Å². The molecule has 2 aromatic carbocycles. The van der Waals surface area contributed by atoms with Crippen molar-refractivity contribution < 1.29 is 28.9 Å². The van der Waals surface area contributed by atoms with Crippen molar-refractivity contribution in [2.45, 2.75) is 18.6 Å². The van der Waals surface area contributed by atoms with Gasteiger partial charge in [-0.3, -0.25) is 4.79 Å². The zero-order valence-electron chi connectivity index (χ0n) is 11.7. The first-order valence-corrected chi connectivity index (χ1v) is 6.84. The number of benzene rings is 2. The van der Waals surface area contributed by atoms with Gasteiger partial charge in [-0.25, -0.2) is 4.79 Å². The predicted octanol–water partition coefficient (Wildman–Crippen LogP) is 2.08. The van der Waals surface area contributed by atoms with Crippen LogP contribution in [0, 0.1) is 0 Å². The van der Waals surface area contributed by atoms with Gasteiger partial charge in [-0.2, -0.15) is 0 Å². The molecule has 4 rings (SSSR count). The summed E-state index contributed by atoms with van der Waals surface area (Å²) >= 11 is 0. The number of rotatable bonds is 1. The lowest BCUT2D eigenvalue weighted by atomic mass is 9.94. The highest BCUT2D eigenvalue weighted by Crippen LogP contribution is 2.52. The third-order valence-corrected chi connectivity index (χ3v) is 4.08. The van der Waals surface area contributed by atoms with E-state index < -0.39 is 18.2 Å². The molecular weight excluding hydrogens is 288 g/mol. The number of phenols is 1. The maximum absolute atomic E-state index is 12.1. The lowest BCUT2D eigenvalue weighted by Crippen LogP contribution is -2.13. The fourth-order valence-electron chi connectivity index (χ4n) is 3.15. The van der Waals surface area contributed by atoms with Crippen LogP contribution in [0.5, 0.6) is 11.5 Å². The molecule has 0 unspecified atom stereocenters. The summed E-state index contributed by atoms with van der Waals surface area (Å²) in [6, 6.07) is 7.05. The Morgan fingerprint density at radius 3 is 2.73 bits per heavy atom. The molecular formula is C16H12O6. The van der Waals surface area contributed by atoms with Crippen molar-refractivity contribution in [2.75, 3.05) is 7.11 Å². The molecule has 1 saturated heterocycles. The molecule has 112 valence electrons. The molecule has 0 saturated carbocycles. The van der Waals surface area contributed by atoms with Crippen molar-refractivity contribution in [2.24, 2.45) is 0 Å². The van der Waals surface area contributed by atoms with E-state index in [0.29, 0.717) is 22.1 Å². The minimum Gasteiger partial charge on any atom is -0.506 e. The van der Waals surface area contributed by atoms with Gasteiger partial charge in [-0.05, 0) is 0 Å². The van der Waals surface area contributed by atoms with Crippen LogP contribution in [0.25, 0.3) is 10.8 Å². The van der Waals surface area contributed by atoms with Crippen LogP contribution in [0.15, 0.2) is 24.3 Å². The van der Waals surface area contributed by atoms with E-state index in [-0.39, 0.29) is 23.7 Å². The SMILES string of the molecule is COC(=O)c1c2c(c3ccccc3c1O)O[C@H]1CC(=O)O[C@@H]21. The molecule has 2 atom stereocenters. The van der Waals surface area contributed by atoms with Gasteiger partial charge < -0.3 is 19.3 Å². The Labute approximate surface area is 125 Å². The molecule has 2 aliphatic rings. The van der Waals surface area contributed by atoms with Gasteiger partial charge in [0, 0.05) is 10.8 Å². The van der Waals surface area contributed by atoms with Gasteiger partial charge in [-0.15, -0.1) is 0 Å². The number of esters is 2. The van der Waals surface area contributed by atoms with Crippen LogP contribution in [-0.2, 0) is 14.3 Å². The second-order valence-electron chi connectivity index (χ2n) is 5.27. The maximum Gasteiger partial charge on any atom is 0.342 e. The predicted molar refractivity (Wildman–Crippen MR) is 74.8 cm³/mol. The summed E-state index contributed by atoms with van der Waals surface area (Å²) in [6.45, 7) is 0. The second-order valence-corrected chi connectivity index (χ2v) is 5.27. The topological polar surface area (TPSA) is 82.1 Å². The van der Waals surface area contributed by atoms with Gasteiger partial charge in [-0.1, -0.05) is 24.3 Å². The van der Waals surface area contributed by atoms with Crippen LogP contribution in [0.3, 0.4) is 0 Å². The number of carbonyl (C=O) groups is 2. The van der Waals surface area contributed by atoms with E-state index in [2.05, 4.69) is 0 Å². The first kappa shape index (κ1) is 12.9. The van der Waals surface area contributed by atoms with Crippen molar-refractivity contribution >= 4 is 22.7 Å². The molecule has 2 heterocycles. The Balaban J connectivity index is 2.07. The van der Waals surface area contributed by atoms with E-state index in [0.717, 1.165) is 0 Å². The highest BCUT2D eigenvalue weighted by atomic mass is 16.6. The standard InChI is InChI=1S/C16H12O6/c1-20-16(19)11-12-14(21-9-6-10(17)22-15(9)12)8-5-3-2-4-7(8)13(11)18/h2-5,9,15,18H,6H2,1H3/t9-,15+/m0/s1. The molecule has 2 aliphatic heterocycles. The van der Waals surface area contributed by atoms with Gasteiger partial charge in [0.25, 0.3) is 0 Å². The third kappa shape index (κ3) is 1.55. The zero-order valence-corrected chi connectivity index (χ0v) is 11.7. The largest absolute Gasteiger partial charge is 0.506 e. The molecule has 2 aromatic rings. The van der Waals surface area contributed by atoms with E-state index in [1.165, 1.54) is 7.11 Å². The normalized spacial score (nSPS) is 22.0. The van der Waals surface area contributed by atoms with Gasteiger partial charge in [0.2, 0.25) is 0 Å². The number of phenolic OH excluding ortho intramolecular Hbond substituents is 1. The zero-order chi connectivity index (χ0) is 15.4. The van der Waals surface area contributed by atoms with E-state index in [1.807, 2.05) is 6.07 Å². The van der Waals surface area contributed by atoms with Crippen molar-refractivity contribution in [1.29, 1.82) is 0 Å². The molecule has 0 bridgehead atoms. The lowest BCUT2D eigenvalue weighted by molar-refractivity contribution is -0.141. The highest BCUT2D eigenvalue weighted by molar-refractivity contribution is 6.06. The van der Waals surface area contributed by atoms with E-state index in [1.54, 1.807) is 18.2 Å². The Kier molecular flexibility index (Phi) is 2.57. The number of hydrogen-bond donors (Lipinski definition) is 1. The molecule has 0 aromatic heterocycles. The van der Waals surface area contributed by atoms with E-state index in [4.69, 9.17) is 14.2 Å². The van der Waals surface area contributed by atoms with Gasteiger partial charge in [0.05, 0.1) is 19.1 Å². The van der Waals surface area contributed by atoms with Gasteiger partial charge in [0.15, 0.2) is 12.2 Å². The van der Waals surface area contributed by atoms with Gasteiger partial charge >= 0.3 is 11.9 Å². The molecule has 6 heteroatoms. The van der Waals surface area contributed by atoms with Crippen LogP contribution in [0.2, 0.25) is 0 Å². The first-order valence-electron chi connectivity index (χ1n) is 6.84. The Bertz CT molecular complexity index is 825. The van der Waals surface area contributed by atoms with E-state index in [9.17, 15) is 14.7 Å². The summed E-state index contributed by atoms with van der Waals surface area (Å²) in [5, 5.41) is 11.7. The van der Waals surface area contributed by atoms with Crippen LogP contribution >= 0.6 is 0 Å². The summed E-state index contributed by atoms with van der Waals surface area (Å²) in [6.07, 6.45) is -1.04.